The second kappa shape index (κ2) is 12.5. The molecule has 60 heavy (non-hydrogen) atoms. The Balaban J connectivity index is 1.18. The number of benzene rings is 8. The number of pyridine rings is 3. The van der Waals surface area contributed by atoms with Gasteiger partial charge in [-0.15, -0.1) is 0 Å². The molecule has 4 heterocycles. The van der Waals surface area contributed by atoms with Crippen molar-refractivity contribution in [1.82, 2.24) is 15.0 Å². The van der Waals surface area contributed by atoms with Crippen molar-refractivity contribution in [2.75, 3.05) is 0 Å². The molecular weight excluding hydrogens is 731 g/mol. The maximum Gasteiger partial charge on any atom is 0.132 e. The summed E-state index contributed by atoms with van der Waals surface area (Å²) in [5.74, 6) is 1.72. The molecule has 4 heteroatoms. The van der Waals surface area contributed by atoms with Crippen LogP contribution in [0, 0.1) is 0 Å². The molecule has 0 atom stereocenters. The molecule has 3 aromatic heterocycles. The zero-order valence-electron chi connectivity index (χ0n) is 32.3. The predicted octanol–water partition coefficient (Wildman–Crippen LogP) is 14.0. The molecule has 0 unspecified atom stereocenters. The van der Waals surface area contributed by atoms with Crippen LogP contribution in [0.1, 0.15) is 22.3 Å². The van der Waals surface area contributed by atoms with E-state index in [-0.39, 0.29) is 0 Å². The van der Waals surface area contributed by atoms with Crippen molar-refractivity contribution in [2.24, 2.45) is 0 Å². The monoisotopic (exact) mass is 763 g/mol. The summed E-state index contributed by atoms with van der Waals surface area (Å²) in [5, 5.41) is 5.52. The van der Waals surface area contributed by atoms with Gasteiger partial charge in [0.2, 0.25) is 0 Å². The fourth-order valence-electron chi connectivity index (χ4n) is 10.2. The number of hydrogen-bond acceptors (Lipinski definition) is 4. The first-order chi connectivity index (χ1) is 29.8. The van der Waals surface area contributed by atoms with Gasteiger partial charge in [-0.3, -0.25) is 0 Å². The zero-order chi connectivity index (χ0) is 39.4. The lowest BCUT2D eigenvalue weighted by Gasteiger charge is -2.39. The number of aromatic nitrogens is 3. The van der Waals surface area contributed by atoms with Crippen LogP contribution in [0.5, 0.6) is 11.5 Å². The van der Waals surface area contributed by atoms with Crippen LogP contribution < -0.4 is 4.74 Å². The van der Waals surface area contributed by atoms with Crippen molar-refractivity contribution in [3.63, 3.8) is 0 Å². The maximum absolute atomic E-state index is 6.75. The van der Waals surface area contributed by atoms with Gasteiger partial charge in [0.1, 0.15) is 11.5 Å². The molecule has 1 aliphatic carbocycles. The lowest BCUT2D eigenvalue weighted by molar-refractivity contribution is 0.436. The van der Waals surface area contributed by atoms with Crippen molar-refractivity contribution in [2.45, 2.75) is 5.41 Å². The third-order valence-electron chi connectivity index (χ3n) is 12.7. The van der Waals surface area contributed by atoms with E-state index in [1.165, 1.54) is 27.6 Å². The highest BCUT2D eigenvalue weighted by atomic mass is 16.5. The summed E-state index contributed by atoms with van der Waals surface area (Å²) in [4.78, 5) is 16.2. The fraction of sp³-hybridized carbons (Fsp3) is 0.0179. The Labute approximate surface area is 346 Å². The van der Waals surface area contributed by atoms with E-state index in [0.29, 0.717) is 0 Å². The smallest absolute Gasteiger partial charge is 0.132 e. The molecule has 0 radical (unpaired) electrons. The Morgan fingerprint density at radius 1 is 0.367 bits per heavy atom. The number of nitrogens with zero attached hydrogens (tertiary/aromatic N) is 3. The summed E-state index contributed by atoms with van der Waals surface area (Å²) < 4.78 is 6.75. The normalized spacial score (nSPS) is 13.3. The summed E-state index contributed by atoms with van der Waals surface area (Å²) in [7, 11) is 0. The average Bonchev–Trinajstić information content (AvgIpc) is 3.62. The van der Waals surface area contributed by atoms with Gasteiger partial charge in [-0.1, -0.05) is 170 Å². The van der Waals surface area contributed by atoms with Crippen LogP contribution in [0.2, 0.25) is 0 Å². The Morgan fingerprint density at radius 2 is 0.933 bits per heavy atom. The third-order valence-corrected chi connectivity index (χ3v) is 12.7. The van der Waals surface area contributed by atoms with E-state index in [2.05, 4.69) is 194 Å². The predicted molar refractivity (Wildman–Crippen MR) is 244 cm³/mol. The molecule has 1 spiro atoms. The summed E-state index contributed by atoms with van der Waals surface area (Å²) in [6.07, 6.45) is 0. The minimum atomic E-state index is -0.673. The van der Waals surface area contributed by atoms with Crippen LogP contribution in [0.25, 0.3) is 88.4 Å². The van der Waals surface area contributed by atoms with Crippen molar-refractivity contribution in [3.8, 4) is 56.4 Å². The van der Waals surface area contributed by atoms with Crippen LogP contribution in [0.15, 0.2) is 200 Å². The summed E-state index contributed by atoms with van der Waals surface area (Å²) >= 11 is 0. The van der Waals surface area contributed by atoms with Gasteiger partial charge in [0.15, 0.2) is 0 Å². The molecule has 4 nitrogen and oxygen atoms in total. The van der Waals surface area contributed by atoms with Gasteiger partial charge in [0, 0.05) is 54.7 Å². The van der Waals surface area contributed by atoms with E-state index in [9.17, 15) is 0 Å². The SMILES string of the molecule is c1ccc(-c2ccc3ccc4ccc(-c5cccc6c5-c5c(ccc7c(-c8ccccc8)nc8ccccc8c57)C65c6ccccc6Oc6ccccc65)nc4c3n2)cc1. The minimum Gasteiger partial charge on any atom is -0.457 e. The lowest BCUT2D eigenvalue weighted by atomic mass is 9.66. The molecular formula is C56H33N3O. The maximum atomic E-state index is 6.75. The highest BCUT2D eigenvalue weighted by Crippen LogP contribution is 2.65. The molecule has 0 fully saturated rings. The molecule has 0 saturated heterocycles. The number of para-hydroxylation sites is 3. The molecule has 0 bridgehead atoms. The molecule has 0 saturated carbocycles. The van der Waals surface area contributed by atoms with Gasteiger partial charge >= 0.3 is 0 Å². The molecule has 278 valence electrons. The van der Waals surface area contributed by atoms with Crippen LogP contribution >= 0.6 is 0 Å². The first kappa shape index (κ1) is 33.1. The van der Waals surface area contributed by atoms with Crippen LogP contribution in [-0.4, -0.2) is 15.0 Å². The van der Waals surface area contributed by atoms with E-state index in [0.717, 1.165) is 94.5 Å². The van der Waals surface area contributed by atoms with Crippen molar-refractivity contribution >= 4 is 43.5 Å². The summed E-state index contributed by atoms with van der Waals surface area (Å²) in [5.41, 5.74) is 15.1. The summed E-state index contributed by atoms with van der Waals surface area (Å²) in [6, 6.07) is 71.1. The first-order valence-electron chi connectivity index (χ1n) is 20.4. The van der Waals surface area contributed by atoms with E-state index >= 15 is 0 Å². The Kier molecular flexibility index (Phi) is 6.90. The number of hydrogen-bond donors (Lipinski definition) is 0. The molecule has 11 aromatic rings. The van der Waals surface area contributed by atoms with Gasteiger partial charge in [-0.25, -0.2) is 15.0 Å². The third kappa shape index (κ3) is 4.53. The van der Waals surface area contributed by atoms with Gasteiger partial charge in [0.25, 0.3) is 0 Å². The van der Waals surface area contributed by atoms with E-state index in [4.69, 9.17) is 19.7 Å². The zero-order valence-corrected chi connectivity index (χ0v) is 32.3. The molecule has 8 aromatic carbocycles. The van der Waals surface area contributed by atoms with Crippen LogP contribution in [-0.2, 0) is 5.41 Å². The van der Waals surface area contributed by atoms with Crippen molar-refractivity contribution in [1.29, 1.82) is 0 Å². The Bertz CT molecular complexity index is 3530. The van der Waals surface area contributed by atoms with Gasteiger partial charge in [-0.05, 0) is 52.6 Å². The largest absolute Gasteiger partial charge is 0.457 e. The number of fused-ring (bicyclic) bond motifs is 16. The Morgan fingerprint density at radius 3 is 1.67 bits per heavy atom. The second-order valence-electron chi connectivity index (χ2n) is 15.8. The topological polar surface area (TPSA) is 47.9 Å². The fourth-order valence-corrected chi connectivity index (χ4v) is 10.2. The lowest BCUT2D eigenvalue weighted by Crippen LogP contribution is -2.32. The Hall–Kier alpha value is -7.95. The van der Waals surface area contributed by atoms with Gasteiger partial charge in [-0.2, -0.15) is 0 Å². The highest BCUT2D eigenvalue weighted by molar-refractivity contribution is 6.21. The second-order valence-corrected chi connectivity index (χ2v) is 15.8. The van der Waals surface area contributed by atoms with Crippen molar-refractivity contribution in [3.05, 3.63) is 222 Å². The quantitative estimate of drug-likeness (QED) is 0.168. The number of ether oxygens (including phenoxy) is 1. The molecule has 13 rings (SSSR count). The average molecular weight is 764 g/mol. The molecule has 2 aliphatic rings. The van der Waals surface area contributed by atoms with Crippen LogP contribution in [0.3, 0.4) is 0 Å². The van der Waals surface area contributed by atoms with E-state index < -0.39 is 5.41 Å². The van der Waals surface area contributed by atoms with Gasteiger partial charge < -0.3 is 4.74 Å². The standard InChI is InChI=1S/C56H33N3O/c1-3-14-34(15-4-1)45-32-28-36-26-27-37-29-33-47(59-55(37)54(36)57-45)39-19-13-22-43-51(39)52-44(56(43)41-20-8-11-24-48(41)60-49-25-12-9-21-42(49)56)31-30-40-50(52)38-18-7-10-23-46(38)58-53(40)35-16-5-2-6-17-35/h1-33H. The first-order valence-corrected chi connectivity index (χ1v) is 20.4. The van der Waals surface area contributed by atoms with E-state index in [1.54, 1.807) is 0 Å². The highest BCUT2D eigenvalue weighted by Gasteiger charge is 2.52. The van der Waals surface area contributed by atoms with Crippen LogP contribution in [0.4, 0.5) is 0 Å². The van der Waals surface area contributed by atoms with Gasteiger partial charge in [0.05, 0.1) is 39.0 Å². The van der Waals surface area contributed by atoms with Crippen molar-refractivity contribution < 1.29 is 4.74 Å². The summed E-state index contributed by atoms with van der Waals surface area (Å²) in [6.45, 7) is 0. The minimum absolute atomic E-state index is 0.673. The number of rotatable bonds is 3. The molecule has 1 aliphatic heterocycles. The molecule has 0 amide bonds. The molecule has 0 N–H and O–H groups in total. The van der Waals surface area contributed by atoms with E-state index in [1.807, 2.05) is 6.07 Å².